The Balaban J connectivity index is 4.40. The number of hydrogen-bond donors (Lipinski definition) is 2. The highest BCUT2D eigenvalue weighted by atomic mass is 31.2. The Labute approximate surface area is 383 Å². The second-order valence-corrected chi connectivity index (χ2v) is 19.9. The first-order valence-corrected chi connectivity index (χ1v) is 27.1. The second-order valence-electron chi connectivity index (χ2n) is 18.5. The van der Waals surface area contributed by atoms with Gasteiger partial charge in [-0.15, -0.1) is 0 Å². The number of aliphatic hydroxyl groups is 1. The van der Waals surface area contributed by atoms with Crippen LogP contribution in [0.3, 0.4) is 0 Å². The maximum atomic E-state index is 12.9. The number of phosphoric acid groups is 1. The summed E-state index contributed by atoms with van der Waals surface area (Å²) in [6, 6.07) is -0.913. The summed E-state index contributed by atoms with van der Waals surface area (Å²) in [5.41, 5.74) is 0. The molecule has 0 saturated heterocycles. The fourth-order valence-corrected chi connectivity index (χ4v) is 7.84. The number of aliphatic hydroxyl groups excluding tert-OH is 1. The van der Waals surface area contributed by atoms with E-state index in [4.69, 9.17) is 9.05 Å². The summed E-state index contributed by atoms with van der Waals surface area (Å²) in [4.78, 5) is 25.4. The van der Waals surface area contributed by atoms with Crippen LogP contribution in [-0.4, -0.2) is 68.5 Å². The first-order chi connectivity index (χ1) is 30.0. The SMILES string of the molecule is CCCCC/C=C\C/C=C\C/C=C\CCCCCCCCC(=O)NC(COP(=O)([O-])OCC[N+](C)(C)C)C(O)/C=C/CC/C=C/CCCCCCCCCCCCCCCCC. The van der Waals surface area contributed by atoms with E-state index in [0.29, 0.717) is 17.4 Å². The van der Waals surface area contributed by atoms with E-state index >= 15 is 0 Å². The van der Waals surface area contributed by atoms with Crippen molar-refractivity contribution >= 4 is 13.7 Å². The summed E-state index contributed by atoms with van der Waals surface area (Å²) in [6.07, 6.45) is 58.5. The van der Waals surface area contributed by atoms with E-state index in [1.807, 2.05) is 27.2 Å². The zero-order chi connectivity index (χ0) is 45.7. The van der Waals surface area contributed by atoms with Gasteiger partial charge in [0.1, 0.15) is 13.2 Å². The third-order valence-electron chi connectivity index (χ3n) is 11.2. The molecule has 3 atom stereocenters. The average molecular weight is 891 g/mol. The molecule has 0 fully saturated rings. The predicted octanol–water partition coefficient (Wildman–Crippen LogP) is 14.3. The second kappa shape index (κ2) is 44.4. The number of hydrogen-bond acceptors (Lipinski definition) is 6. The van der Waals surface area contributed by atoms with Crippen molar-refractivity contribution in [1.82, 2.24) is 5.32 Å². The molecule has 0 rings (SSSR count). The lowest BCUT2D eigenvalue weighted by molar-refractivity contribution is -0.870. The van der Waals surface area contributed by atoms with Gasteiger partial charge in [0.15, 0.2) is 0 Å². The molecule has 62 heavy (non-hydrogen) atoms. The smallest absolute Gasteiger partial charge is 0.268 e. The minimum atomic E-state index is -4.61. The highest BCUT2D eigenvalue weighted by molar-refractivity contribution is 7.45. The third kappa shape index (κ3) is 46.2. The van der Waals surface area contributed by atoms with Gasteiger partial charge in [-0.25, -0.2) is 0 Å². The number of phosphoric ester groups is 1. The van der Waals surface area contributed by atoms with Crippen LogP contribution in [0.25, 0.3) is 0 Å². The van der Waals surface area contributed by atoms with Gasteiger partial charge in [0.25, 0.3) is 7.82 Å². The van der Waals surface area contributed by atoms with E-state index in [1.54, 1.807) is 6.08 Å². The van der Waals surface area contributed by atoms with E-state index < -0.39 is 26.6 Å². The van der Waals surface area contributed by atoms with Crippen LogP contribution in [0.2, 0.25) is 0 Å². The molecule has 2 N–H and O–H groups in total. The molecular formula is C53H99N2O6P. The van der Waals surface area contributed by atoms with Gasteiger partial charge in [0.2, 0.25) is 5.91 Å². The fourth-order valence-electron chi connectivity index (χ4n) is 7.12. The van der Waals surface area contributed by atoms with Crippen LogP contribution in [-0.2, 0) is 18.4 Å². The van der Waals surface area contributed by atoms with Crippen molar-refractivity contribution < 1.29 is 32.9 Å². The Hall–Kier alpha value is -1.80. The summed E-state index contributed by atoms with van der Waals surface area (Å²) in [6.45, 7) is 4.59. The molecule has 0 aliphatic rings. The quantitative estimate of drug-likeness (QED) is 0.0273. The molecule has 0 aromatic carbocycles. The van der Waals surface area contributed by atoms with Crippen molar-refractivity contribution in [2.24, 2.45) is 0 Å². The van der Waals surface area contributed by atoms with Crippen LogP contribution in [0.15, 0.2) is 60.8 Å². The van der Waals surface area contributed by atoms with Crippen LogP contribution < -0.4 is 10.2 Å². The molecule has 0 aliphatic carbocycles. The van der Waals surface area contributed by atoms with Gasteiger partial charge in [0, 0.05) is 6.42 Å². The molecular weight excluding hydrogens is 792 g/mol. The largest absolute Gasteiger partial charge is 0.756 e. The van der Waals surface area contributed by atoms with Gasteiger partial charge < -0.3 is 28.8 Å². The van der Waals surface area contributed by atoms with Crippen molar-refractivity contribution in [3.63, 3.8) is 0 Å². The number of amides is 1. The number of unbranched alkanes of at least 4 members (excludes halogenated alkanes) is 25. The molecule has 3 unspecified atom stereocenters. The molecule has 8 nitrogen and oxygen atoms in total. The average Bonchev–Trinajstić information content (AvgIpc) is 3.23. The number of nitrogens with zero attached hydrogens (tertiary/aromatic N) is 1. The Morgan fingerprint density at radius 3 is 1.45 bits per heavy atom. The fraction of sp³-hybridized carbons (Fsp3) is 0.792. The van der Waals surface area contributed by atoms with Crippen LogP contribution >= 0.6 is 7.82 Å². The van der Waals surface area contributed by atoms with Crippen LogP contribution in [0.4, 0.5) is 0 Å². The minimum Gasteiger partial charge on any atom is -0.756 e. The number of nitrogens with one attached hydrogen (secondary N) is 1. The van der Waals surface area contributed by atoms with E-state index in [2.05, 4.69) is 67.8 Å². The van der Waals surface area contributed by atoms with Crippen LogP contribution in [0, 0.1) is 0 Å². The summed E-state index contributed by atoms with van der Waals surface area (Å²) >= 11 is 0. The number of carbonyl (C=O) groups excluding carboxylic acids is 1. The Morgan fingerprint density at radius 2 is 0.952 bits per heavy atom. The summed E-state index contributed by atoms with van der Waals surface area (Å²) in [5, 5.41) is 13.8. The molecule has 0 aliphatic heterocycles. The van der Waals surface area contributed by atoms with Gasteiger partial charge in [-0.05, 0) is 70.6 Å². The van der Waals surface area contributed by atoms with E-state index in [-0.39, 0.29) is 12.5 Å². The normalized spacial score (nSPS) is 14.6. The molecule has 9 heteroatoms. The number of likely N-dealkylation sites (N-methyl/N-ethyl adjacent to an activating group) is 1. The predicted molar refractivity (Wildman–Crippen MR) is 265 cm³/mol. The lowest BCUT2D eigenvalue weighted by Gasteiger charge is -2.29. The maximum Gasteiger partial charge on any atom is 0.268 e. The highest BCUT2D eigenvalue weighted by Crippen LogP contribution is 2.38. The Morgan fingerprint density at radius 1 is 0.565 bits per heavy atom. The zero-order valence-corrected chi connectivity index (χ0v) is 42.0. The van der Waals surface area contributed by atoms with Crippen molar-refractivity contribution in [2.45, 2.75) is 231 Å². The lowest BCUT2D eigenvalue weighted by Crippen LogP contribution is -2.45. The van der Waals surface area contributed by atoms with Gasteiger partial charge in [-0.1, -0.05) is 203 Å². The van der Waals surface area contributed by atoms with E-state index in [0.717, 1.165) is 64.2 Å². The first-order valence-electron chi connectivity index (χ1n) is 25.7. The topological polar surface area (TPSA) is 108 Å². The molecule has 0 saturated carbocycles. The standard InChI is InChI=1S/C53H99N2O6P/c1-6-8-10-12-14-16-18-20-22-24-26-27-29-30-32-34-36-38-40-42-44-46-52(56)51(50-61-62(58,59)60-49-48-55(3,4)5)54-53(57)47-45-43-41-39-37-35-33-31-28-25-23-21-19-17-15-13-11-9-7-2/h15,17,21,23,28,31,36,38,44,46,51-52,56H,6-14,16,18-20,22,24-27,29-30,32-35,37,39-43,45,47-50H2,1-5H3,(H-,54,57,58,59)/b17-15-,23-21-,31-28-,38-36+,46-44+. The van der Waals surface area contributed by atoms with E-state index in [9.17, 15) is 19.4 Å². The van der Waals surface area contributed by atoms with Gasteiger partial charge in [0.05, 0.1) is 39.9 Å². The molecule has 0 heterocycles. The number of quaternary nitrogens is 1. The molecule has 0 radical (unpaired) electrons. The molecule has 362 valence electrons. The number of carbonyl (C=O) groups is 1. The molecule has 0 aromatic heterocycles. The van der Waals surface area contributed by atoms with Gasteiger partial charge >= 0.3 is 0 Å². The summed E-state index contributed by atoms with van der Waals surface area (Å²) in [7, 11) is 1.23. The molecule has 0 bridgehead atoms. The Bertz CT molecular complexity index is 1190. The number of allylic oxidation sites excluding steroid dienone is 9. The Kier molecular flexibility index (Phi) is 43.1. The van der Waals surface area contributed by atoms with Crippen molar-refractivity contribution in [2.75, 3.05) is 40.9 Å². The summed E-state index contributed by atoms with van der Waals surface area (Å²) < 4.78 is 23.3. The minimum absolute atomic E-state index is 0.0113. The zero-order valence-electron chi connectivity index (χ0n) is 41.1. The first kappa shape index (κ1) is 60.2. The van der Waals surface area contributed by atoms with Gasteiger partial charge in [-0.3, -0.25) is 9.36 Å². The lowest BCUT2D eigenvalue weighted by atomic mass is 10.0. The van der Waals surface area contributed by atoms with Crippen molar-refractivity contribution in [3.05, 3.63) is 60.8 Å². The monoisotopic (exact) mass is 891 g/mol. The molecule has 0 aromatic rings. The molecule has 0 spiro atoms. The van der Waals surface area contributed by atoms with Crippen molar-refractivity contribution in [1.29, 1.82) is 0 Å². The maximum absolute atomic E-state index is 12.9. The van der Waals surface area contributed by atoms with Crippen molar-refractivity contribution in [3.8, 4) is 0 Å². The van der Waals surface area contributed by atoms with Gasteiger partial charge in [-0.2, -0.15) is 0 Å². The number of rotatable bonds is 46. The summed E-state index contributed by atoms with van der Waals surface area (Å²) in [5.74, 6) is -0.221. The van der Waals surface area contributed by atoms with Crippen LogP contribution in [0.1, 0.15) is 219 Å². The van der Waals surface area contributed by atoms with E-state index in [1.165, 1.54) is 135 Å². The third-order valence-corrected chi connectivity index (χ3v) is 12.2. The molecule has 1 amide bonds. The van der Waals surface area contributed by atoms with Crippen LogP contribution in [0.5, 0.6) is 0 Å². The highest BCUT2D eigenvalue weighted by Gasteiger charge is 2.23.